The zero-order chi connectivity index (χ0) is 24.4. The quantitative estimate of drug-likeness (QED) is 0.571. The molecule has 1 unspecified atom stereocenters. The number of para-hydroxylation sites is 2. The van der Waals surface area contributed by atoms with E-state index in [-0.39, 0.29) is 29.7 Å². The molecule has 1 aliphatic rings. The van der Waals surface area contributed by atoms with Gasteiger partial charge < -0.3 is 19.7 Å². The van der Waals surface area contributed by atoms with Gasteiger partial charge in [-0.1, -0.05) is 30.3 Å². The van der Waals surface area contributed by atoms with Crippen molar-refractivity contribution < 1.29 is 23.9 Å². The average Bonchev–Trinajstić information content (AvgIpc) is 2.86. The molecule has 0 fully saturated rings. The van der Waals surface area contributed by atoms with Crippen molar-refractivity contribution in [1.29, 1.82) is 0 Å². The van der Waals surface area contributed by atoms with Crippen molar-refractivity contribution in [1.82, 2.24) is 15.1 Å². The van der Waals surface area contributed by atoms with E-state index in [0.29, 0.717) is 22.2 Å². The number of nitrogens with zero attached hydrogens (tertiary/aromatic N) is 3. The highest BCUT2D eigenvalue weighted by molar-refractivity contribution is 6.04. The number of carbonyl (C=O) groups is 3. The highest BCUT2D eigenvalue weighted by Gasteiger charge is 2.34. The van der Waals surface area contributed by atoms with Gasteiger partial charge >= 0.3 is 5.97 Å². The van der Waals surface area contributed by atoms with Gasteiger partial charge in [-0.15, -0.1) is 0 Å². The molecule has 0 saturated carbocycles. The van der Waals surface area contributed by atoms with Gasteiger partial charge in [-0.05, 0) is 32.0 Å². The van der Waals surface area contributed by atoms with Crippen LogP contribution in [0.4, 0.5) is 5.69 Å². The van der Waals surface area contributed by atoms with E-state index < -0.39 is 24.6 Å². The third-order valence-corrected chi connectivity index (χ3v) is 5.45. The topological polar surface area (TPSA) is 120 Å². The number of nitrogens with one attached hydrogen (secondary N) is 1. The molecule has 0 saturated heterocycles. The van der Waals surface area contributed by atoms with Crippen LogP contribution in [0.25, 0.3) is 10.8 Å². The fourth-order valence-corrected chi connectivity index (χ4v) is 3.75. The van der Waals surface area contributed by atoms with Gasteiger partial charge in [0.1, 0.15) is 5.75 Å². The summed E-state index contributed by atoms with van der Waals surface area (Å²) in [6, 6.07) is 13.1. The number of carbonyl (C=O) groups excluding carboxylic acids is 3. The molecule has 0 spiro atoms. The van der Waals surface area contributed by atoms with E-state index in [1.54, 1.807) is 62.4 Å². The number of anilines is 1. The number of amides is 2. The van der Waals surface area contributed by atoms with Crippen LogP contribution in [0.5, 0.6) is 5.75 Å². The smallest absolute Gasteiger partial charge is 0.359 e. The Kier molecular flexibility index (Phi) is 6.31. The Morgan fingerprint density at radius 2 is 1.79 bits per heavy atom. The van der Waals surface area contributed by atoms with Crippen molar-refractivity contribution in [3.63, 3.8) is 0 Å². The van der Waals surface area contributed by atoms with Crippen LogP contribution in [-0.2, 0) is 14.3 Å². The molecule has 0 aliphatic carbocycles. The van der Waals surface area contributed by atoms with Gasteiger partial charge in [0, 0.05) is 12.4 Å². The Bertz CT molecular complexity index is 1330. The molecule has 2 aromatic carbocycles. The standard InChI is InChI=1S/C24H24N4O6/c1-14(2)28-23(31)16-9-5-4-8-15(16)21(26-28)24(32)33-13-20(29)27-12-19(22(30)25-3)34-18-11-7-6-10-17(18)27/h4-11,14,19H,12-13H2,1-3H3,(H,25,30). The van der Waals surface area contributed by atoms with Crippen LogP contribution in [0, 0.1) is 0 Å². The highest BCUT2D eigenvalue weighted by atomic mass is 16.5. The van der Waals surface area contributed by atoms with Crippen molar-refractivity contribution >= 4 is 34.2 Å². The average molecular weight is 464 g/mol. The second kappa shape index (κ2) is 9.34. The molecule has 2 heterocycles. The molecule has 34 heavy (non-hydrogen) atoms. The van der Waals surface area contributed by atoms with E-state index in [0.717, 1.165) is 0 Å². The lowest BCUT2D eigenvalue weighted by atomic mass is 10.1. The number of hydrogen-bond acceptors (Lipinski definition) is 7. The first-order chi connectivity index (χ1) is 16.3. The highest BCUT2D eigenvalue weighted by Crippen LogP contribution is 2.33. The summed E-state index contributed by atoms with van der Waals surface area (Å²) in [5.74, 6) is -1.36. The molecule has 1 atom stereocenters. The number of benzene rings is 2. The molecule has 1 aromatic heterocycles. The SMILES string of the molecule is CNC(=O)C1CN(C(=O)COC(=O)c2nn(C(C)C)c(=O)c3ccccc23)c2ccccc2O1. The van der Waals surface area contributed by atoms with Crippen LogP contribution in [0.1, 0.15) is 30.4 Å². The van der Waals surface area contributed by atoms with Crippen molar-refractivity contribution in [2.45, 2.75) is 26.0 Å². The first kappa shape index (κ1) is 23.0. The second-order valence-corrected chi connectivity index (χ2v) is 8.01. The Hall–Kier alpha value is -4.21. The fraction of sp³-hybridized carbons (Fsp3) is 0.292. The monoisotopic (exact) mass is 464 g/mol. The summed E-state index contributed by atoms with van der Waals surface area (Å²) < 4.78 is 12.2. The van der Waals surface area contributed by atoms with E-state index in [1.807, 2.05) is 0 Å². The van der Waals surface area contributed by atoms with E-state index in [4.69, 9.17) is 9.47 Å². The van der Waals surface area contributed by atoms with Crippen LogP contribution in [0.3, 0.4) is 0 Å². The van der Waals surface area contributed by atoms with Crippen molar-refractivity contribution in [2.75, 3.05) is 25.1 Å². The van der Waals surface area contributed by atoms with E-state index in [9.17, 15) is 19.2 Å². The zero-order valence-corrected chi connectivity index (χ0v) is 19.0. The Labute approximate surface area is 195 Å². The summed E-state index contributed by atoms with van der Waals surface area (Å²) in [5, 5.41) is 7.39. The molecule has 1 aliphatic heterocycles. The zero-order valence-electron chi connectivity index (χ0n) is 19.0. The molecule has 0 bridgehead atoms. The Morgan fingerprint density at radius 3 is 2.50 bits per heavy atom. The number of aromatic nitrogens is 2. The number of hydrogen-bond donors (Lipinski definition) is 1. The van der Waals surface area contributed by atoms with Gasteiger partial charge in [-0.2, -0.15) is 5.10 Å². The molecule has 176 valence electrons. The minimum absolute atomic E-state index is 0.0352. The normalized spacial score (nSPS) is 14.9. The number of esters is 1. The Morgan fingerprint density at radius 1 is 1.12 bits per heavy atom. The maximum Gasteiger partial charge on any atom is 0.359 e. The summed E-state index contributed by atoms with van der Waals surface area (Å²) in [5.41, 5.74) is 0.103. The molecule has 2 amide bonds. The number of likely N-dealkylation sites (N-methyl/N-ethyl adjacent to an activating group) is 1. The lowest BCUT2D eigenvalue weighted by Crippen LogP contribution is -2.51. The first-order valence-electron chi connectivity index (χ1n) is 10.8. The molecule has 3 aromatic rings. The fourth-order valence-electron chi connectivity index (χ4n) is 3.75. The van der Waals surface area contributed by atoms with Crippen LogP contribution < -0.4 is 20.5 Å². The van der Waals surface area contributed by atoms with Crippen molar-refractivity contribution in [3.05, 3.63) is 64.6 Å². The molecule has 10 nitrogen and oxygen atoms in total. The number of ether oxygens (including phenoxy) is 2. The maximum absolute atomic E-state index is 13.0. The summed E-state index contributed by atoms with van der Waals surface area (Å²) in [7, 11) is 1.48. The third-order valence-electron chi connectivity index (χ3n) is 5.45. The van der Waals surface area contributed by atoms with Gasteiger partial charge in [-0.3, -0.25) is 14.4 Å². The van der Waals surface area contributed by atoms with Gasteiger partial charge in [0.05, 0.1) is 23.7 Å². The van der Waals surface area contributed by atoms with Gasteiger partial charge in [0.25, 0.3) is 17.4 Å². The first-order valence-corrected chi connectivity index (χ1v) is 10.8. The summed E-state index contributed by atoms with van der Waals surface area (Å²) in [4.78, 5) is 52.1. The van der Waals surface area contributed by atoms with E-state index in [2.05, 4.69) is 10.4 Å². The van der Waals surface area contributed by atoms with E-state index in [1.165, 1.54) is 16.6 Å². The molecule has 0 radical (unpaired) electrons. The van der Waals surface area contributed by atoms with Crippen molar-refractivity contribution in [3.8, 4) is 5.75 Å². The van der Waals surface area contributed by atoms with Gasteiger partial charge in [-0.25, -0.2) is 9.48 Å². The minimum Gasteiger partial charge on any atom is -0.477 e. The predicted molar refractivity (Wildman–Crippen MR) is 124 cm³/mol. The molecular formula is C24H24N4O6. The predicted octanol–water partition coefficient (Wildman–Crippen LogP) is 1.67. The molecular weight excluding hydrogens is 440 g/mol. The minimum atomic E-state index is -0.903. The van der Waals surface area contributed by atoms with Crippen LogP contribution in [0.15, 0.2) is 53.3 Å². The largest absolute Gasteiger partial charge is 0.477 e. The van der Waals surface area contributed by atoms with Crippen LogP contribution in [0.2, 0.25) is 0 Å². The third kappa shape index (κ3) is 4.21. The summed E-state index contributed by atoms with van der Waals surface area (Å²) >= 11 is 0. The Balaban J connectivity index is 1.59. The lowest BCUT2D eigenvalue weighted by Gasteiger charge is -2.33. The molecule has 4 rings (SSSR count). The maximum atomic E-state index is 13.0. The van der Waals surface area contributed by atoms with Gasteiger partial charge in [0.2, 0.25) is 0 Å². The van der Waals surface area contributed by atoms with E-state index >= 15 is 0 Å². The summed E-state index contributed by atoms with van der Waals surface area (Å²) in [6.45, 7) is 2.94. The number of rotatable bonds is 5. The summed E-state index contributed by atoms with van der Waals surface area (Å²) in [6.07, 6.45) is -0.903. The van der Waals surface area contributed by atoms with Crippen molar-refractivity contribution in [2.24, 2.45) is 0 Å². The van der Waals surface area contributed by atoms with Gasteiger partial charge in [0.15, 0.2) is 18.4 Å². The molecule has 1 N–H and O–H groups in total. The van der Waals surface area contributed by atoms with Crippen LogP contribution in [-0.4, -0.2) is 53.9 Å². The lowest BCUT2D eigenvalue weighted by molar-refractivity contribution is -0.128. The second-order valence-electron chi connectivity index (χ2n) is 8.01. The molecule has 10 heteroatoms. The number of fused-ring (bicyclic) bond motifs is 2. The van der Waals surface area contributed by atoms with Crippen LogP contribution >= 0.6 is 0 Å².